The van der Waals surface area contributed by atoms with Crippen molar-refractivity contribution in [3.05, 3.63) is 106 Å². The number of aromatic carboxylic acids is 3. The van der Waals surface area contributed by atoms with E-state index in [-0.39, 0.29) is 18.9 Å². The molecule has 0 saturated carbocycles. The summed E-state index contributed by atoms with van der Waals surface area (Å²) in [5, 5.41) is 27.9. The molecule has 0 unspecified atom stereocenters. The molecule has 0 radical (unpaired) electrons. The minimum absolute atomic E-state index is 0. The standard InChI is InChI=1S/C24H15O13P.Li.H/c25-19(26)13-7-1-4-10-16(13)22(31)35-38(34,36-23(32)17-11-5-2-8-14(17)20(27)28)37-24(33)18-12-6-3-9-15(18)21(29)30;;/h1-12H,(H,25,26)(H,27,28)(H,29,30);;. The molecule has 0 aliphatic rings. The third-order valence-electron chi connectivity index (χ3n) is 4.72. The van der Waals surface area contributed by atoms with Gasteiger partial charge in [0.25, 0.3) is 0 Å². The van der Waals surface area contributed by atoms with Crippen molar-refractivity contribution in [1.82, 2.24) is 0 Å². The van der Waals surface area contributed by atoms with E-state index in [2.05, 4.69) is 13.6 Å². The van der Waals surface area contributed by atoms with Crippen LogP contribution < -0.4 is 0 Å². The van der Waals surface area contributed by atoms with Gasteiger partial charge in [-0.05, 0) is 36.4 Å². The molecule has 0 amide bonds. The summed E-state index contributed by atoms with van der Waals surface area (Å²) in [5.41, 5.74) is -3.80. The molecule has 3 aromatic rings. The molecular weight excluding hydrogens is 534 g/mol. The van der Waals surface area contributed by atoms with Crippen molar-refractivity contribution >= 4 is 62.5 Å². The van der Waals surface area contributed by atoms with Gasteiger partial charge in [-0.3, -0.25) is 0 Å². The number of hydrogen-bond acceptors (Lipinski definition) is 10. The van der Waals surface area contributed by atoms with Gasteiger partial charge in [-0.25, -0.2) is 28.8 Å². The number of carbonyl (C=O) groups is 6. The molecule has 15 heteroatoms. The molecule has 0 heterocycles. The first-order valence-corrected chi connectivity index (χ1v) is 11.7. The summed E-state index contributed by atoms with van der Waals surface area (Å²) in [4.78, 5) is 72.6. The van der Waals surface area contributed by atoms with Gasteiger partial charge >= 0.3 is 62.5 Å². The molecule has 0 atom stereocenters. The zero-order chi connectivity index (χ0) is 28.0. The Balaban J connectivity index is 0.00000533. The Hall–Kier alpha value is -4.69. The van der Waals surface area contributed by atoms with Gasteiger partial charge in [0.15, 0.2) is 0 Å². The summed E-state index contributed by atoms with van der Waals surface area (Å²) >= 11 is 0. The van der Waals surface area contributed by atoms with Crippen LogP contribution in [0.15, 0.2) is 72.8 Å². The number of benzene rings is 3. The van der Waals surface area contributed by atoms with E-state index in [4.69, 9.17) is 0 Å². The third-order valence-corrected chi connectivity index (χ3v) is 5.88. The Morgan fingerprint density at radius 2 is 0.667 bits per heavy atom. The number of rotatable bonds is 9. The van der Waals surface area contributed by atoms with Crippen LogP contribution in [0.3, 0.4) is 0 Å². The monoisotopic (exact) mass is 550 g/mol. The quantitative estimate of drug-likeness (QED) is 0.259. The minimum atomic E-state index is -5.66. The van der Waals surface area contributed by atoms with E-state index in [1.54, 1.807) is 0 Å². The number of phosphoric acid groups is 1. The molecule has 3 aromatic carbocycles. The van der Waals surface area contributed by atoms with Crippen LogP contribution in [0.5, 0.6) is 0 Å². The fraction of sp³-hybridized carbons (Fsp3) is 0. The second-order valence-electron chi connectivity index (χ2n) is 7.14. The number of phosphoric ester groups is 1. The predicted octanol–water partition coefficient (Wildman–Crippen LogP) is 3.11. The van der Waals surface area contributed by atoms with E-state index in [0.717, 1.165) is 36.4 Å². The van der Waals surface area contributed by atoms with Gasteiger partial charge in [-0.2, -0.15) is 4.57 Å². The Morgan fingerprint density at radius 1 is 0.462 bits per heavy atom. The first-order chi connectivity index (χ1) is 17.9. The number of carboxylic acids is 3. The van der Waals surface area contributed by atoms with Crippen molar-refractivity contribution in [1.29, 1.82) is 0 Å². The molecule has 0 bridgehead atoms. The molecule has 0 saturated heterocycles. The van der Waals surface area contributed by atoms with Gasteiger partial charge in [0.05, 0.1) is 33.4 Å². The molecule has 13 nitrogen and oxygen atoms in total. The second kappa shape index (κ2) is 12.7. The van der Waals surface area contributed by atoms with Crippen molar-refractivity contribution in [3.63, 3.8) is 0 Å². The van der Waals surface area contributed by atoms with Gasteiger partial charge in [0.1, 0.15) is 0 Å². The number of hydrogen-bond donors (Lipinski definition) is 3. The summed E-state index contributed by atoms with van der Waals surface area (Å²) in [7, 11) is -5.66. The molecule has 0 fully saturated rings. The molecule has 0 aromatic heterocycles. The molecule has 3 N–H and O–H groups in total. The summed E-state index contributed by atoms with van der Waals surface area (Å²) in [5.74, 6) is -9.67. The zero-order valence-electron chi connectivity index (χ0n) is 18.8. The normalized spacial score (nSPS) is 10.4. The fourth-order valence-electron chi connectivity index (χ4n) is 3.05. The van der Waals surface area contributed by atoms with Crippen LogP contribution in [0.25, 0.3) is 0 Å². The second-order valence-corrected chi connectivity index (χ2v) is 8.58. The molecular formula is C24H16LiO13P. The van der Waals surface area contributed by atoms with Gasteiger partial charge in [0, 0.05) is 0 Å². The molecule has 3 rings (SSSR count). The van der Waals surface area contributed by atoms with E-state index >= 15 is 0 Å². The Kier molecular flexibility index (Phi) is 9.95. The zero-order valence-corrected chi connectivity index (χ0v) is 19.7. The van der Waals surface area contributed by atoms with Gasteiger partial charge in [-0.1, -0.05) is 36.4 Å². The summed E-state index contributed by atoms with van der Waals surface area (Å²) < 4.78 is 27.5. The predicted molar refractivity (Wildman–Crippen MR) is 131 cm³/mol. The fourth-order valence-corrected chi connectivity index (χ4v) is 4.07. The van der Waals surface area contributed by atoms with Crippen molar-refractivity contribution in [2.45, 2.75) is 0 Å². The van der Waals surface area contributed by atoms with Crippen LogP contribution >= 0.6 is 7.82 Å². The van der Waals surface area contributed by atoms with Gasteiger partial charge < -0.3 is 28.9 Å². The summed E-state index contributed by atoms with van der Waals surface area (Å²) in [6.45, 7) is 0. The first-order valence-electron chi connectivity index (χ1n) is 10.2. The third kappa shape index (κ3) is 7.21. The van der Waals surface area contributed by atoms with Gasteiger partial charge in [0.2, 0.25) is 0 Å². The summed E-state index contributed by atoms with van der Waals surface area (Å²) in [6, 6.07) is 13.4. The van der Waals surface area contributed by atoms with E-state index < -0.39 is 77.0 Å². The van der Waals surface area contributed by atoms with Crippen LogP contribution in [0.1, 0.15) is 62.1 Å². The molecule has 0 aliphatic carbocycles. The Bertz CT molecular complexity index is 1350. The number of carbonyl (C=O) groups excluding carboxylic acids is 3. The van der Waals surface area contributed by atoms with Crippen molar-refractivity contribution in [3.8, 4) is 0 Å². The van der Waals surface area contributed by atoms with E-state index in [1.807, 2.05) is 0 Å². The molecule has 196 valence electrons. The Labute approximate surface area is 230 Å². The van der Waals surface area contributed by atoms with Crippen molar-refractivity contribution in [2.24, 2.45) is 0 Å². The summed E-state index contributed by atoms with van der Waals surface area (Å²) in [6.07, 6.45) is 0. The van der Waals surface area contributed by atoms with Crippen LogP contribution in [0, 0.1) is 0 Å². The maximum absolute atomic E-state index is 13.4. The van der Waals surface area contributed by atoms with Crippen LogP contribution in [-0.2, 0) is 18.1 Å². The van der Waals surface area contributed by atoms with Crippen LogP contribution in [-0.4, -0.2) is 70.0 Å². The average molecular weight is 550 g/mol. The molecule has 39 heavy (non-hydrogen) atoms. The van der Waals surface area contributed by atoms with E-state index in [1.165, 1.54) is 36.4 Å². The number of carboxylic acid groups (broad SMARTS) is 3. The van der Waals surface area contributed by atoms with Crippen LogP contribution in [0.4, 0.5) is 0 Å². The molecule has 0 aliphatic heterocycles. The van der Waals surface area contributed by atoms with Crippen molar-refractivity contribution < 1.29 is 62.2 Å². The molecule has 0 spiro atoms. The SMILES string of the molecule is O=C(O)c1ccccc1C(=O)OP(=O)(OC(=O)c1ccccc1C(=O)O)OC(=O)c1ccccc1C(=O)O.[LiH]. The van der Waals surface area contributed by atoms with E-state index in [0.29, 0.717) is 0 Å². The van der Waals surface area contributed by atoms with Crippen molar-refractivity contribution in [2.75, 3.05) is 0 Å². The van der Waals surface area contributed by atoms with Gasteiger partial charge in [-0.15, -0.1) is 0 Å². The Morgan fingerprint density at radius 3 is 0.872 bits per heavy atom. The maximum atomic E-state index is 13.4. The van der Waals surface area contributed by atoms with E-state index in [9.17, 15) is 48.7 Å². The topological polar surface area (TPSA) is 208 Å². The van der Waals surface area contributed by atoms with Crippen LogP contribution in [0.2, 0.25) is 0 Å². The first kappa shape index (κ1) is 30.5. The average Bonchev–Trinajstić information content (AvgIpc) is 2.88.